The minimum atomic E-state index is -0.363. The molecule has 0 spiro atoms. The molecule has 0 fully saturated rings. The minimum Gasteiger partial charge on any atom is -0.494 e. The predicted molar refractivity (Wildman–Crippen MR) is 102 cm³/mol. The normalized spacial score (nSPS) is 10.8. The van der Waals surface area contributed by atoms with Crippen molar-refractivity contribution in [3.63, 3.8) is 0 Å². The maximum atomic E-state index is 12.3. The molecule has 0 atom stereocenters. The van der Waals surface area contributed by atoms with Gasteiger partial charge < -0.3 is 10.1 Å². The quantitative estimate of drug-likeness (QED) is 0.710. The van der Waals surface area contributed by atoms with Gasteiger partial charge in [-0.2, -0.15) is 4.98 Å². The van der Waals surface area contributed by atoms with E-state index in [9.17, 15) is 9.90 Å². The van der Waals surface area contributed by atoms with Gasteiger partial charge in [0, 0.05) is 25.2 Å². The number of rotatable bonds is 6. The fourth-order valence-electron chi connectivity index (χ4n) is 3.00. The first-order valence-corrected chi connectivity index (χ1v) is 8.89. The van der Waals surface area contributed by atoms with Gasteiger partial charge in [0.05, 0.1) is 5.56 Å². The van der Waals surface area contributed by atoms with E-state index in [1.165, 1.54) is 0 Å². The Morgan fingerprint density at radius 2 is 2.08 bits per heavy atom. The lowest BCUT2D eigenvalue weighted by molar-refractivity contribution is 0.440. The molecule has 0 aliphatic rings. The summed E-state index contributed by atoms with van der Waals surface area (Å²) in [6, 6.07) is 9.94. The number of aromatic hydroxyl groups is 1. The van der Waals surface area contributed by atoms with E-state index >= 15 is 0 Å². The largest absolute Gasteiger partial charge is 0.494 e. The molecule has 2 N–H and O–H groups in total. The van der Waals surface area contributed by atoms with Gasteiger partial charge in [-0.25, -0.2) is 0 Å². The van der Waals surface area contributed by atoms with E-state index in [0.29, 0.717) is 24.2 Å². The lowest BCUT2D eigenvalue weighted by atomic mass is 9.98. The molecule has 0 aliphatic carbocycles. The molecular weight excluding hydrogens is 326 g/mol. The Kier molecular flexibility index (Phi) is 5.46. The van der Waals surface area contributed by atoms with Crippen LogP contribution in [0.4, 0.5) is 0 Å². The molecule has 0 saturated carbocycles. The second kappa shape index (κ2) is 7.95. The summed E-state index contributed by atoms with van der Waals surface area (Å²) in [5.74, 6) is 0.459. The highest BCUT2D eigenvalue weighted by molar-refractivity contribution is 5.67. The Hall–Kier alpha value is -2.95. The van der Waals surface area contributed by atoms with Crippen LogP contribution in [0.5, 0.6) is 5.88 Å². The number of benzene rings is 1. The smallest absolute Gasteiger partial charge is 0.280 e. The molecule has 0 radical (unpaired) electrons. The minimum absolute atomic E-state index is 0.0819. The van der Waals surface area contributed by atoms with E-state index in [1.807, 2.05) is 43.5 Å². The monoisotopic (exact) mass is 349 g/mol. The molecule has 0 amide bonds. The van der Waals surface area contributed by atoms with Crippen LogP contribution in [0.15, 0.2) is 47.5 Å². The van der Waals surface area contributed by atoms with E-state index in [2.05, 4.69) is 21.9 Å². The SMILES string of the molecule is CCCCc1nc(=O)c(Cc2cccc(-c3ccncc3C)c2)c(O)[nH]1. The highest BCUT2D eigenvalue weighted by atomic mass is 16.3. The number of aromatic nitrogens is 3. The fraction of sp³-hybridized carbons (Fsp3) is 0.286. The highest BCUT2D eigenvalue weighted by Crippen LogP contribution is 2.24. The Labute approximate surface area is 152 Å². The molecule has 3 rings (SSSR count). The third kappa shape index (κ3) is 3.99. The molecule has 5 nitrogen and oxygen atoms in total. The number of hydrogen-bond donors (Lipinski definition) is 2. The third-order valence-electron chi connectivity index (χ3n) is 4.45. The summed E-state index contributed by atoms with van der Waals surface area (Å²) in [5, 5.41) is 10.3. The van der Waals surface area contributed by atoms with Crippen molar-refractivity contribution >= 4 is 0 Å². The molecule has 5 heteroatoms. The van der Waals surface area contributed by atoms with Crippen LogP contribution in [0.2, 0.25) is 0 Å². The van der Waals surface area contributed by atoms with Gasteiger partial charge in [0.1, 0.15) is 5.82 Å². The molecule has 3 aromatic rings. The summed E-state index contributed by atoms with van der Waals surface area (Å²) in [6.07, 6.45) is 6.53. The number of pyridine rings is 1. The Balaban J connectivity index is 1.89. The van der Waals surface area contributed by atoms with Crippen LogP contribution in [0.25, 0.3) is 11.1 Å². The number of aryl methyl sites for hydroxylation is 2. The van der Waals surface area contributed by atoms with Crippen molar-refractivity contribution in [2.45, 2.75) is 39.5 Å². The number of H-pyrrole nitrogens is 1. The van der Waals surface area contributed by atoms with Crippen molar-refractivity contribution in [2.75, 3.05) is 0 Å². The summed E-state index contributed by atoms with van der Waals surface area (Å²) >= 11 is 0. The van der Waals surface area contributed by atoms with E-state index in [0.717, 1.165) is 35.1 Å². The third-order valence-corrected chi connectivity index (χ3v) is 4.45. The van der Waals surface area contributed by atoms with E-state index in [-0.39, 0.29) is 11.4 Å². The van der Waals surface area contributed by atoms with Gasteiger partial charge in [0.25, 0.3) is 5.56 Å². The number of unbranched alkanes of at least 4 members (excludes halogenated alkanes) is 1. The predicted octanol–water partition coefficient (Wildman–Crippen LogP) is 3.78. The first kappa shape index (κ1) is 17.9. The van der Waals surface area contributed by atoms with Gasteiger partial charge in [-0.05, 0) is 41.7 Å². The van der Waals surface area contributed by atoms with Crippen molar-refractivity contribution in [1.29, 1.82) is 0 Å². The Morgan fingerprint density at radius 1 is 1.23 bits per heavy atom. The van der Waals surface area contributed by atoms with Crippen molar-refractivity contribution < 1.29 is 5.11 Å². The first-order valence-electron chi connectivity index (χ1n) is 8.89. The Morgan fingerprint density at radius 3 is 2.81 bits per heavy atom. The van der Waals surface area contributed by atoms with Crippen LogP contribution in [0.1, 0.15) is 42.3 Å². The molecule has 2 aromatic heterocycles. The van der Waals surface area contributed by atoms with Crippen LogP contribution in [0.3, 0.4) is 0 Å². The molecule has 0 aliphatic heterocycles. The number of nitrogens with zero attached hydrogens (tertiary/aromatic N) is 2. The van der Waals surface area contributed by atoms with Crippen LogP contribution >= 0.6 is 0 Å². The van der Waals surface area contributed by atoms with Gasteiger partial charge in [0.15, 0.2) is 5.88 Å². The molecule has 26 heavy (non-hydrogen) atoms. The first-order chi connectivity index (χ1) is 12.6. The maximum Gasteiger partial charge on any atom is 0.280 e. The van der Waals surface area contributed by atoms with Crippen LogP contribution in [-0.2, 0) is 12.8 Å². The molecule has 2 heterocycles. The van der Waals surface area contributed by atoms with Crippen LogP contribution < -0.4 is 5.56 Å². The van der Waals surface area contributed by atoms with Crippen LogP contribution in [-0.4, -0.2) is 20.1 Å². The molecule has 0 saturated heterocycles. The zero-order valence-corrected chi connectivity index (χ0v) is 15.1. The maximum absolute atomic E-state index is 12.3. The zero-order chi connectivity index (χ0) is 18.5. The second-order valence-electron chi connectivity index (χ2n) is 6.49. The van der Waals surface area contributed by atoms with Crippen molar-refractivity contribution in [3.8, 4) is 17.0 Å². The van der Waals surface area contributed by atoms with E-state index < -0.39 is 0 Å². The van der Waals surface area contributed by atoms with Gasteiger partial charge in [-0.1, -0.05) is 37.6 Å². The lowest BCUT2D eigenvalue weighted by Gasteiger charge is -2.09. The average Bonchev–Trinajstić information content (AvgIpc) is 2.63. The van der Waals surface area contributed by atoms with E-state index in [1.54, 1.807) is 6.20 Å². The van der Waals surface area contributed by atoms with Crippen molar-refractivity contribution in [1.82, 2.24) is 15.0 Å². The summed E-state index contributed by atoms with van der Waals surface area (Å²) in [5.41, 5.74) is 4.14. The Bertz CT molecular complexity index is 963. The summed E-state index contributed by atoms with van der Waals surface area (Å²) in [6.45, 7) is 4.09. The molecular formula is C21H23N3O2. The lowest BCUT2D eigenvalue weighted by Crippen LogP contribution is -2.17. The standard InChI is InChI=1S/C21H23N3O2/c1-3-4-8-19-23-20(25)18(21(26)24-19)12-15-6-5-7-16(11-15)17-9-10-22-13-14(17)2/h5-7,9-11,13H,3-4,8,12H2,1-2H3,(H2,23,24,25,26). The number of hydrogen-bond acceptors (Lipinski definition) is 4. The van der Waals surface area contributed by atoms with E-state index in [4.69, 9.17) is 0 Å². The average molecular weight is 349 g/mol. The van der Waals surface area contributed by atoms with Crippen LogP contribution in [0, 0.1) is 6.92 Å². The van der Waals surface area contributed by atoms with Gasteiger partial charge in [-0.3, -0.25) is 9.78 Å². The summed E-state index contributed by atoms with van der Waals surface area (Å²) in [4.78, 5) is 23.4. The van der Waals surface area contributed by atoms with Crippen molar-refractivity contribution in [2.24, 2.45) is 0 Å². The summed E-state index contributed by atoms with van der Waals surface area (Å²) < 4.78 is 0. The molecule has 134 valence electrons. The zero-order valence-electron chi connectivity index (χ0n) is 15.1. The molecule has 1 aromatic carbocycles. The number of aromatic amines is 1. The molecule has 0 bridgehead atoms. The van der Waals surface area contributed by atoms with Gasteiger partial charge >= 0.3 is 0 Å². The summed E-state index contributed by atoms with van der Waals surface area (Å²) in [7, 11) is 0. The molecule has 0 unspecified atom stereocenters. The van der Waals surface area contributed by atoms with Crippen molar-refractivity contribution in [3.05, 3.63) is 75.6 Å². The highest BCUT2D eigenvalue weighted by Gasteiger charge is 2.12. The number of nitrogens with one attached hydrogen (secondary N) is 1. The second-order valence-corrected chi connectivity index (χ2v) is 6.49. The topological polar surface area (TPSA) is 78.9 Å². The fourth-order valence-corrected chi connectivity index (χ4v) is 3.00. The van der Waals surface area contributed by atoms with Gasteiger partial charge in [-0.15, -0.1) is 0 Å². The van der Waals surface area contributed by atoms with Gasteiger partial charge in [0.2, 0.25) is 0 Å².